The van der Waals surface area contributed by atoms with Crippen LogP contribution in [0.15, 0.2) is 24.3 Å². The van der Waals surface area contributed by atoms with Crippen molar-refractivity contribution in [2.75, 3.05) is 46.5 Å². The molecule has 1 heterocycles. The number of methoxy groups -OCH3 is 1. The van der Waals surface area contributed by atoms with Crippen molar-refractivity contribution >= 4 is 17.8 Å². The molecule has 0 aromatic heterocycles. The molecule has 1 aromatic carbocycles. The Morgan fingerprint density at radius 1 is 1.24 bits per heavy atom. The highest BCUT2D eigenvalue weighted by Crippen LogP contribution is 2.24. The Morgan fingerprint density at radius 3 is 2.41 bits per heavy atom. The van der Waals surface area contributed by atoms with Crippen LogP contribution in [-0.4, -0.2) is 74.3 Å². The van der Waals surface area contributed by atoms with Crippen LogP contribution in [0.5, 0.6) is 5.75 Å². The molecule has 0 spiro atoms. The van der Waals surface area contributed by atoms with E-state index in [1.165, 1.54) is 14.0 Å². The van der Waals surface area contributed by atoms with Gasteiger partial charge in [0.25, 0.3) is 0 Å². The molecule has 1 aromatic rings. The van der Waals surface area contributed by atoms with Gasteiger partial charge in [-0.3, -0.25) is 14.5 Å². The standard InChI is InChI=1S/C20H29N3O6/c1-14(12-21-17(24)13-23-8-10-29-11-9-23)18(25)22-20(2,19(26)27)15-4-6-16(28-3)7-5-15/h4-7,14H,8-13H2,1-3H3,(H,21,24)(H,22,25)(H,26,27)/t14?,20-/m0/s1. The molecule has 160 valence electrons. The van der Waals surface area contributed by atoms with E-state index in [1.54, 1.807) is 31.2 Å². The summed E-state index contributed by atoms with van der Waals surface area (Å²) in [5, 5.41) is 15.0. The Labute approximate surface area is 170 Å². The summed E-state index contributed by atoms with van der Waals surface area (Å²) in [5.41, 5.74) is -1.18. The number of hydrogen-bond donors (Lipinski definition) is 3. The van der Waals surface area contributed by atoms with Gasteiger partial charge in [0.15, 0.2) is 5.54 Å². The molecule has 1 aliphatic heterocycles. The fourth-order valence-corrected chi connectivity index (χ4v) is 2.92. The van der Waals surface area contributed by atoms with E-state index in [0.717, 1.165) is 0 Å². The molecule has 1 saturated heterocycles. The summed E-state index contributed by atoms with van der Waals surface area (Å²) in [7, 11) is 1.52. The Bertz CT molecular complexity index is 717. The van der Waals surface area contributed by atoms with Gasteiger partial charge in [0.05, 0.1) is 32.8 Å². The highest BCUT2D eigenvalue weighted by Gasteiger charge is 2.38. The van der Waals surface area contributed by atoms with Gasteiger partial charge in [-0.05, 0) is 24.6 Å². The summed E-state index contributed by atoms with van der Waals surface area (Å²) in [6.07, 6.45) is 0. The molecule has 9 heteroatoms. The number of aliphatic carboxylic acids is 1. The van der Waals surface area contributed by atoms with E-state index in [2.05, 4.69) is 10.6 Å². The zero-order chi connectivity index (χ0) is 21.4. The summed E-state index contributed by atoms with van der Waals surface area (Å²) in [4.78, 5) is 38.5. The minimum atomic E-state index is -1.60. The Morgan fingerprint density at radius 2 is 1.86 bits per heavy atom. The molecule has 2 atom stereocenters. The number of amides is 2. The average molecular weight is 407 g/mol. The Balaban J connectivity index is 1.92. The number of carboxylic acids is 1. The predicted molar refractivity (Wildman–Crippen MR) is 106 cm³/mol. The summed E-state index contributed by atoms with van der Waals surface area (Å²) < 4.78 is 10.3. The maximum Gasteiger partial charge on any atom is 0.333 e. The molecule has 9 nitrogen and oxygen atoms in total. The molecule has 0 bridgehead atoms. The number of carboxylic acid groups (broad SMARTS) is 1. The first-order chi connectivity index (χ1) is 13.8. The van der Waals surface area contributed by atoms with Gasteiger partial charge in [0.2, 0.25) is 11.8 Å². The lowest BCUT2D eigenvalue weighted by Crippen LogP contribution is -2.52. The topological polar surface area (TPSA) is 117 Å². The van der Waals surface area contributed by atoms with E-state index in [1.807, 2.05) is 4.90 Å². The lowest BCUT2D eigenvalue weighted by atomic mass is 9.91. The monoisotopic (exact) mass is 407 g/mol. The molecule has 2 amide bonds. The second kappa shape index (κ2) is 10.2. The number of benzene rings is 1. The molecule has 0 aliphatic carbocycles. The van der Waals surface area contributed by atoms with Crippen LogP contribution < -0.4 is 15.4 Å². The first-order valence-corrected chi connectivity index (χ1v) is 9.53. The lowest BCUT2D eigenvalue weighted by Gasteiger charge is -2.29. The molecule has 2 rings (SSSR count). The van der Waals surface area contributed by atoms with Crippen molar-refractivity contribution < 1.29 is 29.0 Å². The SMILES string of the molecule is COc1ccc([C@](C)(NC(=O)C(C)CNC(=O)CN2CCOCC2)C(=O)O)cc1. The Kier molecular flexibility index (Phi) is 7.98. The van der Waals surface area contributed by atoms with Crippen molar-refractivity contribution in [2.24, 2.45) is 5.92 Å². The number of carbonyl (C=O) groups excluding carboxylic acids is 2. The van der Waals surface area contributed by atoms with E-state index in [-0.39, 0.29) is 19.0 Å². The molecule has 1 aliphatic rings. The van der Waals surface area contributed by atoms with Crippen LogP contribution in [0.1, 0.15) is 19.4 Å². The van der Waals surface area contributed by atoms with Gasteiger partial charge in [0.1, 0.15) is 5.75 Å². The van der Waals surface area contributed by atoms with Crippen molar-refractivity contribution in [3.05, 3.63) is 29.8 Å². The third-order valence-corrected chi connectivity index (χ3v) is 4.99. The number of hydrogen-bond acceptors (Lipinski definition) is 6. The first-order valence-electron chi connectivity index (χ1n) is 9.53. The van der Waals surface area contributed by atoms with Crippen molar-refractivity contribution in [2.45, 2.75) is 19.4 Å². The highest BCUT2D eigenvalue weighted by atomic mass is 16.5. The Hall–Kier alpha value is -2.65. The third kappa shape index (κ3) is 6.16. The van der Waals surface area contributed by atoms with Gasteiger partial charge in [-0.15, -0.1) is 0 Å². The zero-order valence-corrected chi connectivity index (χ0v) is 17.1. The zero-order valence-electron chi connectivity index (χ0n) is 17.1. The van der Waals surface area contributed by atoms with E-state index in [4.69, 9.17) is 9.47 Å². The molecule has 3 N–H and O–H groups in total. The fourth-order valence-electron chi connectivity index (χ4n) is 2.92. The summed E-state index contributed by atoms with van der Waals surface area (Å²) >= 11 is 0. The number of morpholine rings is 1. The molecular weight excluding hydrogens is 378 g/mol. The van der Waals surface area contributed by atoms with Crippen molar-refractivity contribution in [1.29, 1.82) is 0 Å². The molecule has 29 heavy (non-hydrogen) atoms. The highest BCUT2D eigenvalue weighted by molar-refractivity contribution is 5.89. The molecule has 0 saturated carbocycles. The molecular formula is C20H29N3O6. The second-order valence-electron chi connectivity index (χ2n) is 7.24. The quantitative estimate of drug-likeness (QED) is 0.535. The molecule has 1 fully saturated rings. The third-order valence-electron chi connectivity index (χ3n) is 4.99. The van der Waals surface area contributed by atoms with Crippen molar-refractivity contribution in [3.8, 4) is 5.75 Å². The van der Waals surface area contributed by atoms with Crippen molar-refractivity contribution in [1.82, 2.24) is 15.5 Å². The van der Waals surface area contributed by atoms with Gasteiger partial charge in [0, 0.05) is 19.6 Å². The van der Waals surface area contributed by atoms with Crippen LogP contribution in [0.3, 0.4) is 0 Å². The van der Waals surface area contributed by atoms with Crippen LogP contribution >= 0.6 is 0 Å². The maximum absolute atomic E-state index is 12.6. The van der Waals surface area contributed by atoms with Crippen LogP contribution in [0.4, 0.5) is 0 Å². The number of ether oxygens (including phenoxy) is 2. The largest absolute Gasteiger partial charge is 0.497 e. The van der Waals surface area contributed by atoms with E-state index in [0.29, 0.717) is 37.6 Å². The fraction of sp³-hybridized carbons (Fsp3) is 0.550. The normalized spacial score (nSPS) is 17.6. The number of nitrogens with zero attached hydrogens (tertiary/aromatic N) is 1. The minimum absolute atomic E-state index is 0.118. The average Bonchev–Trinajstić information content (AvgIpc) is 2.72. The summed E-state index contributed by atoms with van der Waals surface area (Å²) in [5.74, 6) is -1.83. The van der Waals surface area contributed by atoms with Crippen LogP contribution in [0.2, 0.25) is 0 Å². The lowest BCUT2D eigenvalue weighted by molar-refractivity contribution is -0.148. The smallest absolute Gasteiger partial charge is 0.333 e. The summed E-state index contributed by atoms with van der Waals surface area (Å²) in [6, 6.07) is 6.47. The van der Waals surface area contributed by atoms with Gasteiger partial charge < -0.3 is 25.2 Å². The predicted octanol–water partition coefficient (Wildman–Crippen LogP) is 0.196. The summed E-state index contributed by atoms with van der Waals surface area (Å²) in [6.45, 7) is 6.03. The van der Waals surface area contributed by atoms with E-state index >= 15 is 0 Å². The van der Waals surface area contributed by atoms with Gasteiger partial charge in [-0.25, -0.2) is 4.79 Å². The van der Waals surface area contributed by atoms with Crippen molar-refractivity contribution in [3.63, 3.8) is 0 Å². The van der Waals surface area contributed by atoms with E-state index in [9.17, 15) is 19.5 Å². The van der Waals surface area contributed by atoms with Crippen LogP contribution in [0, 0.1) is 5.92 Å². The van der Waals surface area contributed by atoms with Gasteiger partial charge in [-0.2, -0.15) is 0 Å². The van der Waals surface area contributed by atoms with E-state index < -0.39 is 23.3 Å². The molecule has 1 unspecified atom stereocenters. The number of rotatable bonds is 9. The first kappa shape index (κ1) is 22.6. The maximum atomic E-state index is 12.6. The minimum Gasteiger partial charge on any atom is -0.497 e. The van der Waals surface area contributed by atoms with Crippen LogP contribution in [0.25, 0.3) is 0 Å². The molecule has 0 radical (unpaired) electrons. The van der Waals surface area contributed by atoms with Gasteiger partial charge in [-0.1, -0.05) is 19.1 Å². The number of carbonyl (C=O) groups is 3. The van der Waals surface area contributed by atoms with Gasteiger partial charge >= 0.3 is 5.97 Å². The second-order valence-corrected chi connectivity index (χ2v) is 7.24. The van der Waals surface area contributed by atoms with Crippen LogP contribution in [-0.2, 0) is 24.7 Å². The number of nitrogens with one attached hydrogen (secondary N) is 2.